The number of nitrogens with zero attached hydrogens (tertiary/aromatic N) is 4. The van der Waals surface area contributed by atoms with Crippen molar-refractivity contribution in [3.8, 4) is 5.75 Å². The van der Waals surface area contributed by atoms with Crippen LogP contribution in [-0.4, -0.2) is 39.9 Å². The minimum atomic E-state index is -0.453. The van der Waals surface area contributed by atoms with Crippen LogP contribution in [0.25, 0.3) is 0 Å². The highest BCUT2D eigenvalue weighted by atomic mass is 16.5. The summed E-state index contributed by atoms with van der Waals surface area (Å²) >= 11 is 0. The first kappa shape index (κ1) is 16.9. The first-order valence-corrected chi connectivity index (χ1v) is 8.22. The number of allylic oxidation sites excluding steroid dienone is 1. The first-order valence-electron chi connectivity index (χ1n) is 8.22. The number of hydrogen-bond acceptors (Lipinski definition) is 7. The molecule has 8 heteroatoms. The Morgan fingerprint density at radius 3 is 2.76 bits per heavy atom. The average molecular weight is 343 g/mol. The van der Waals surface area contributed by atoms with Crippen LogP contribution in [0.1, 0.15) is 38.3 Å². The average Bonchev–Trinajstić information content (AvgIpc) is 3.08. The van der Waals surface area contributed by atoms with E-state index in [9.17, 15) is 4.79 Å². The molecule has 1 unspecified atom stereocenters. The predicted octanol–water partition coefficient (Wildman–Crippen LogP) is 2.31. The van der Waals surface area contributed by atoms with E-state index in [1.54, 1.807) is 11.8 Å². The van der Waals surface area contributed by atoms with Gasteiger partial charge >= 0.3 is 5.97 Å². The number of anilines is 1. The van der Waals surface area contributed by atoms with Gasteiger partial charge in [0.05, 0.1) is 19.3 Å². The van der Waals surface area contributed by atoms with Crippen molar-refractivity contribution in [2.75, 3.05) is 19.0 Å². The van der Waals surface area contributed by atoms with Crippen molar-refractivity contribution in [3.05, 3.63) is 41.1 Å². The Labute approximate surface area is 145 Å². The number of aromatic nitrogens is 4. The van der Waals surface area contributed by atoms with Crippen LogP contribution in [0.2, 0.25) is 0 Å². The molecule has 132 valence electrons. The zero-order valence-corrected chi connectivity index (χ0v) is 14.5. The van der Waals surface area contributed by atoms with Crippen LogP contribution in [-0.2, 0) is 9.53 Å². The fraction of sp³-hybridized carbons (Fsp3) is 0.412. The summed E-state index contributed by atoms with van der Waals surface area (Å²) in [5.74, 6) is 0.867. The molecule has 1 aromatic carbocycles. The second-order valence-electron chi connectivity index (χ2n) is 5.78. The van der Waals surface area contributed by atoms with Crippen molar-refractivity contribution in [3.63, 3.8) is 0 Å². The number of tetrazole rings is 1. The van der Waals surface area contributed by atoms with Gasteiger partial charge in [-0.15, -0.1) is 0 Å². The molecule has 2 aromatic rings. The summed E-state index contributed by atoms with van der Waals surface area (Å²) in [7, 11) is 1.61. The number of benzene rings is 1. The first-order chi connectivity index (χ1) is 12.2. The molecule has 2 heterocycles. The fourth-order valence-corrected chi connectivity index (χ4v) is 2.76. The number of unbranched alkanes of at least 4 members (excludes halogenated alkanes) is 1. The lowest BCUT2D eigenvalue weighted by molar-refractivity contribution is -0.139. The van der Waals surface area contributed by atoms with Crippen molar-refractivity contribution in [2.24, 2.45) is 0 Å². The highest BCUT2D eigenvalue weighted by Crippen LogP contribution is 2.35. The van der Waals surface area contributed by atoms with Crippen LogP contribution in [0.4, 0.5) is 5.95 Å². The van der Waals surface area contributed by atoms with Gasteiger partial charge in [0.25, 0.3) is 0 Å². The van der Waals surface area contributed by atoms with Gasteiger partial charge in [-0.1, -0.05) is 30.6 Å². The van der Waals surface area contributed by atoms with Crippen molar-refractivity contribution >= 4 is 11.9 Å². The maximum absolute atomic E-state index is 12.7. The lowest BCUT2D eigenvalue weighted by atomic mass is 9.96. The van der Waals surface area contributed by atoms with E-state index in [1.807, 2.05) is 38.1 Å². The van der Waals surface area contributed by atoms with Crippen molar-refractivity contribution in [1.29, 1.82) is 0 Å². The second kappa shape index (κ2) is 7.33. The number of rotatable bonds is 6. The van der Waals surface area contributed by atoms with Crippen LogP contribution in [0.15, 0.2) is 35.5 Å². The normalized spacial score (nSPS) is 16.2. The molecule has 3 rings (SSSR count). The molecule has 0 aliphatic carbocycles. The molecular formula is C17H21N5O3. The van der Waals surface area contributed by atoms with Gasteiger partial charge in [-0.05, 0) is 41.5 Å². The molecule has 0 bridgehead atoms. The van der Waals surface area contributed by atoms with Crippen LogP contribution in [0.3, 0.4) is 0 Å². The zero-order valence-electron chi connectivity index (χ0n) is 14.5. The smallest absolute Gasteiger partial charge is 0.338 e. The van der Waals surface area contributed by atoms with Crippen molar-refractivity contribution < 1.29 is 14.3 Å². The minimum Gasteiger partial charge on any atom is -0.497 e. The number of carbonyl (C=O) groups is 1. The molecule has 0 saturated carbocycles. The van der Waals surface area contributed by atoms with Gasteiger partial charge in [-0.25, -0.2) is 4.79 Å². The molecule has 1 atom stereocenters. The van der Waals surface area contributed by atoms with Crippen molar-refractivity contribution in [1.82, 2.24) is 20.2 Å². The van der Waals surface area contributed by atoms with E-state index in [2.05, 4.69) is 20.8 Å². The van der Waals surface area contributed by atoms with Crippen LogP contribution in [0, 0.1) is 0 Å². The predicted molar refractivity (Wildman–Crippen MR) is 91.1 cm³/mol. The Morgan fingerprint density at radius 1 is 1.32 bits per heavy atom. The summed E-state index contributed by atoms with van der Waals surface area (Å²) in [6, 6.07) is 7.03. The van der Waals surface area contributed by atoms with Gasteiger partial charge in [0.1, 0.15) is 11.8 Å². The maximum Gasteiger partial charge on any atom is 0.338 e. The standard InChI is InChI=1S/C17H21N5O3/c1-4-5-10-25-16(23)14-11(2)18-17-19-20-21-22(17)15(14)12-6-8-13(24-3)9-7-12/h6-9,15H,4-5,10H2,1-3H3,(H,18,19,21). The summed E-state index contributed by atoms with van der Waals surface area (Å²) in [6.07, 6.45) is 1.79. The van der Waals surface area contributed by atoms with Gasteiger partial charge in [0.2, 0.25) is 5.95 Å². The number of esters is 1. The SMILES string of the molecule is CCCCOC(=O)C1=C(C)Nc2nnnn2C1c1ccc(OC)cc1. The van der Waals surface area contributed by atoms with Crippen LogP contribution >= 0.6 is 0 Å². The number of ether oxygens (including phenoxy) is 2. The fourth-order valence-electron chi connectivity index (χ4n) is 2.76. The highest BCUT2D eigenvalue weighted by molar-refractivity contribution is 5.92. The molecule has 0 saturated heterocycles. The number of nitrogens with one attached hydrogen (secondary N) is 1. The topological polar surface area (TPSA) is 91.2 Å². The number of hydrogen-bond donors (Lipinski definition) is 1. The van der Waals surface area contributed by atoms with E-state index >= 15 is 0 Å². The molecule has 0 spiro atoms. The zero-order chi connectivity index (χ0) is 17.8. The van der Waals surface area contributed by atoms with E-state index in [1.165, 1.54) is 0 Å². The van der Waals surface area contributed by atoms with E-state index in [4.69, 9.17) is 9.47 Å². The summed E-state index contributed by atoms with van der Waals surface area (Å²) < 4.78 is 12.2. The van der Waals surface area contributed by atoms with Crippen molar-refractivity contribution in [2.45, 2.75) is 32.7 Å². The van der Waals surface area contributed by atoms with Gasteiger partial charge in [-0.3, -0.25) is 0 Å². The quantitative estimate of drug-likeness (QED) is 0.635. The molecule has 25 heavy (non-hydrogen) atoms. The van der Waals surface area contributed by atoms with Crippen LogP contribution in [0.5, 0.6) is 5.75 Å². The molecular weight excluding hydrogens is 322 g/mol. The van der Waals surface area contributed by atoms with E-state index in [-0.39, 0.29) is 5.97 Å². The summed E-state index contributed by atoms with van der Waals surface area (Å²) in [5, 5.41) is 14.8. The third-order valence-corrected chi connectivity index (χ3v) is 4.10. The van der Waals surface area contributed by atoms with Gasteiger partial charge in [0.15, 0.2) is 0 Å². The Morgan fingerprint density at radius 2 is 2.08 bits per heavy atom. The molecule has 1 aliphatic heterocycles. The Balaban J connectivity index is 1.99. The summed E-state index contributed by atoms with van der Waals surface area (Å²) in [4.78, 5) is 12.7. The summed E-state index contributed by atoms with van der Waals surface area (Å²) in [6.45, 7) is 4.27. The van der Waals surface area contributed by atoms with E-state index in [0.29, 0.717) is 23.8 Å². The molecule has 0 radical (unpaired) electrons. The number of carbonyl (C=O) groups excluding carboxylic acids is 1. The Hall–Kier alpha value is -2.90. The lowest BCUT2D eigenvalue weighted by Gasteiger charge is -2.27. The van der Waals surface area contributed by atoms with Gasteiger partial charge in [0, 0.05) is 5.70 Å². The highest BCUT2D eigenvalue weighted by Gasteiger charge is 2.34. The lowest BCUT2D eigenvalue weighted by Crippen LogP contribution is -2.29. The number of fused-ring (bicyclic) bond motifs is 1. The molecule has 1 aromatic heterocycles. The Kier molecular flexibility index (Phi) is 4.97. The summed E-state index contributed by atoms with van der Waals surface area (Å²) in [5.41, 5.74) is 2.06. The van der Waals surface area contributed by atoms with Crippen LogP contribution < -0.4 is 10.1 Å². The van der Waals surface area contributed by atoms with Gasteiger partial charge in [-0.2, -0.15) is 4.68 Å². The van der Waals surface area contributed by atoms with E-state index < -0.39 is 6.04 Å². The third kappa shape index (κ3) is 3.33. The third-order valence-electron chi connectivity index (χ3n) is 4.10. The largest absolute Gasteiger partial charge is 0.497 e. The second-order valence-corrected chi connectivity index (χ2v) is 5.78. The molecule has 1 aliphatic rings. The monoisotopic (exact) mass is 343 g/mol. The van der Waals surface area contributed by atoms with E-state index in [0.717, 1.165) is 24.2 Å². The number of methoxy groups -OCH3 is 1. The molecule has 0 amide bonds. The minimum absolute atomic E-state index is 0.361. The molecule has 0 fully saturated rings. The Bertz CT molecular complexity index is 782. The molecule has 8 nitrogen and oxygen atoms in total. The maximum atomic E-state index is 12.7. The van der Waals surface area contributed by atoms with Gasteiger partial charge < -0.3 is 14.8 Å². The molecule has 1 N–H and O–H groups in total.